The number of sulfonamides is 1. The van der Waals surface area contributed by atoms with Crippen molar-refractivity contribution in [3.05, 3.63) is 29.0 Å². The van der Waals surface area contributed by atoms with Gasteiger partial charge in [-0.1, -0.05) is 17.7 Å². The molecule has 0 unspecified atom stereocenters. The number of hydrogen-bond acceptors (Lipinski definition) is 4. The highest BCUT2D eigenvalue weighted by Crippen LogP contribution is 2.34. The molecular weight excluding hydrogens is 321 g/mol. The maximum Gasteiger partial charge on any atom is 0.246 e. The summed E-state index contributed by atoms with van der Waals surface area (Å²) in [6.07, 6.45) is 0.878. The number of rotatable bonds is 2. The Balaban J connectivity index is 1.82. The molecule has 5 nitrogen and oxygen atoms in total. The van der Waals surface area contributed by atoms with E-state index in [4.69, 9.17) is 21.1 Å². The summed E-state index contributed by atoms with van der Waals surface area (Å²) in [5.74, 6) is -1.58. The number of ether oxygens (including phenoxy) is 2. The van der Waals surface area contributed by atoms with Crippen LogP contribution in [0.2, 0.25) is 5.02 Å². The Labute approximate surface area is 127 Å². The summed E-state index contributed by atoms with van der Waals surface area (Å²) in [7, 11) is -3.90. The molecule has 1 aromatic rings. The van der Waals surface area contributed by atoms with E-state index in [0.29, 0.717) is 26.1 Å². The molecule has 2 aliphatic rings. The van der Waals surface area contributed by atoms with Gasteiger partial charge >= 0.3 is 0 Å². The molecule has 0 saturated carbocycles. The fraction of sp³-hybridized carbons (Fsp3) is 0.538. The van der Waals surface area contributed by atoms with Crippen LogP contribution in [-0.4, -0.2) is 44.8 Å². The van der Waals surface area contributed by atoms with Crippen LogP contribution in [0.25, 0.3) is 0 Å². The zero-order chi connectivity index (χ0) is 15.1. The summed E-state index contributed by atoms with van der Waals surface area (Å²) in [4.78, 5) is -0.390. The molecule has 8 heteroatoms. The van der Waals surface area contributed by atoms with Crippen molar-refractivity contribution in [1.82, 2.24) is 4.31 Å². The van der Waals surface area contributed by atoms with Crippen molar-refractivity contribution in [2.45, 2.75) is 23.5 Å². The van der Waals surface area contributed by atoms with Crippen molar-refractivity contribution >= 4 is 21.6 Å². The lowest BCUT2D eigenvalue weighted by Gasteiger charge is -2.36. The van der Waals surface area contributed by atoms with Crippen LogP contribution < -0.4 is 0 Å². The molecule has 0 bridgehead atoms. The number of halogens is 2. The van der Waals surface area contributed by atoms with Gasteiger partial charge < -0.3 is 9.47 Å². The van der Waals surface area contributed by atoms with E-state index >= 15 is 0 Å². The van der Waals surface area contributed by atoms with Gasteiger partial charge in [0.25, 0.3) is 0 Å². The van der Waals surface area contributed by atoms with Crippen LogP contribution >= 0.6 is 11.6 Å². The van der Waals surface area contributed by atoms with E-state index in [1.54, 1.807) is 0 Å². The molecule has 1 aromatic carbocycles. The molecule has 116 valence electrons. The van der Waals surface area contributed by atoms with Crippen molar-refractivity contribution in [2.75, 3.05) is 26.3 Å². The number of hydrogen-bond donors (Lipinski definition) is 0. The minimum Gasteiger partial charge on any atom is -0.347 e. The Kier molecular flexibility index (Phi) is 3.96. The molecule has 2 heterocycles. The van der Waals surface area contributed by atoms with Crippen molar-refractivity contribution in [3.8, 4) is 0 Å². The first-order valence-corrected chi connectivity index (χ1v) is 8.49. The number of nitrogens with zero attached hydrogens (tertiary/aromatic N) is 1. The highest BCUT2D eigenvalue weighted by molar-refractivity contribution is 7.89. The third-order valence-corrected chi connectivity index (χ3v) is 6.04. The van der Waals surface area contributed by atoms with E-state index < -0.39 is 21.6 Å². The second-order valence-corrected chi connectivity index (χ2v) is 7.38. The average molecular weight is 336 g/mol. The molecule has 2 saturated heterocycles. The van der Waals surface area contributed by atoms with Gasteiger partial charge in [-0.05, 0) is 12.1 Å². The van der Waals surface area contributed by atoms with Gasteiger partial charge in [-0.15, -0.1) is 0 Å². The van der Waals surface area contributed by atoms with E-state index in [2.05, 4.69) is 0 Å². The van der Waals surface area contributed by atoms with Gasteiger partial charge in [-0.2, -0.15) is 4.31 Å². The van der Waals surface area contributed by atoms with Gasteiger partial charge in [0.2, 0.25) is 10.0 Å². The third-order valence-electron chi connectivity index (χ3n) is 3.83. The minimum atomic E-state index is -3.90. The van der Waals surface area contributed by atoms with Crippen LogP contribution in [0.15, 0.2) is 23.1 Å². The summed E-state index contributed by atoms with van der Waals surface area (Å²) >= 11 is 5.66. The lowest BCUT2D eigenvalue weighted by molar-refractivity contribution is -0.179. The Morgan fingerprint density at radius 1 is 1.19 bits per heavy atom. The van der Waals surface area contributed by atoms with Crippen LogP contribution in [0.1, 0.15) is 12.8 Å². The van der Waals surface area contributed by atoms with Gasteiger partial charge in [0.05, 0.1) is 18.2 Å². The molecule has 3 rings (SSSR count). The first-order chi connectivity index (χ1) is 9.95. The monoisotopic (exact) mass is 335 g/mol. The van der Waals surface area contributed by atoms with Crippen LogP contribution in [0.3, 0.4) is 0 Å². The summed E-state index contributed by atoms with van der Waals surface area (Å²) in [6, 6.07) is 3.97. The normalized spacial score (nSPS) is 22.8. The van der Waals surface area contributed by atoms with E-state index in [0.717, 1.165) is 0 Å². The van der Waals surface area contributed by atoms with E-state index in [-0.39, 0.29) is 23.0 Å². The quantitative estimate of drug-likeness (QED) is 0.829. The van der Waals surface area contributed by atoms with Gasteiger partial charge in [0, 0.05) is 25.9 Å². The van der Waals surface area contributed by atoms with Crippen molar-refractivity contribution in [3.63, 3.8) is 0 Å². The SMILES string of the molecule is O=S(=O)(c1cccc(Cl)c1F)N1CCC2(CC1)OCCO2. The topological polar surface area (TPSA) is 55.8 Å². The Hall–Kier alpha value is -0.730. The molecule has 1 spiro atoms. The minimum absolute atomic E-state index is 0.202. The largest absolute Gasteiger partial charge is 0.347 e. The standard InChI is InChI=1S/C13H15ClFNO4S/c14-10-2-1-3-11(12(10)15)21(17,18)16-6-4-13(5-7-16)19-8-9-20-13/h1-3H,4-9H2. The van der Waals surface area contributed by atoms with Crippen molar-refractivity contribution in [1.29, 1.82) is 0 Å². The summed E-state index contributed by atoms with van der Waals surface area (Å²) in [6.45, 7) is 1.51. The maximum atomic E-state index is 14.0. The fourth-order valence-corrected chi connectivity index (χ4v) is 4.43. The second kappa shape index (κ2) is 5.48. The number of piperidine rings is 1. The van der Waals surface area contributed by atoms with Gasteiger partial charge in [0.1, 0.15) is 4.90 Å². The molecule has 0 radical (unpaired) electrons. The average Bonchev–Trinajstić information content (AvgIpc) is 2.90. The highest BCUT2D eigenvalue weighted by atomic mass is 35.5. The summed E-state index contributed by atoms with van der Waals surface area (Å²) < 4.78 is 51.3. The Morgan fingerprint density at radius 3 is 2.43 bits per heavy atom. The zero-order valence-electron chi connectivity index (χ0n) is 11.2. The molecule has 0 atom stereocenters. The van der Waals surface area contributed by atoms with Crippen LogP contribution in [0, 0.1) is 5.82 Å². The van der Waals surface area contributed by atoms with Crippen LogP contribution in [-0.2, 0) is 19.5 Å². The van der Waals surface area contributed by atoms with Gasteiger partial charge in [-0.3, -0.25) is 0 Å². The van der Waals surface area contributed by atoms with E-state index in [1.165, 1.54) is 22.5 Å². The predicted octanol–water partition coefficient (Wildman–Crippen LogP) is 2.01. The van der Waals surface area contributed by atoms with Gasteiger partial charge in [0.15, 0.2) is 11.6 Å². The van der Waals surface area contributed by atoms with Crippen molar-refractivity contribution in [2.24, 2.45) is 0 Å². The van der Waals surface area contributed by atoms with Crippen LogP contribution in [0.4, 0.5) is 4.39 Å². The first kappa shape index (κ1) is 15.2. The fourth-order valence-electron chi connectivity index (χ4n) is 2.68. The van der Waals surface area contributed by atoms with Crippen molar-refractivity contribution < 1.29 is 22.3 Å². The summed E-state index contributed by atoms with van der Waals surface area (Å²) in [5, 5.41) is -0.202. The maximum absolute atomic E-state index is 14.0. The molecule has 0 N–H and O–H groups in total. The third kappa shape index (κ3) is 2.68. The number of benzene rings is 1. The summed E-state index contributed by atoms with van der Waals surface area (Å²) in [5.41, 5.74) is 0. The molecule has 0 aromatic heterocycles. The highest BCUT2D eigenvalue weighted by Gasteiger charge is 2.43. The lowest BCUT2D eigenvalue weighted by atomic mass is 10.1. The van der Waals surface area contributed by atoms with E-state index in [1.807, 2.05) is 0 Å². The predicted molar refractivity (Wildman–Crippen MR) is 74.0 cm³/mol. The zero-order valence-corrected chi connectivity index (χ0v) is 12.8. The molecular formula is C13H15ClFNO4S. The molecule has 21 heavy (non-hydrogen) atoms. The first-order valence-electron chi connectivity index (χ1n) is 6.67. The smallest absolute Gasteiger partial charge is 0.246 e. The molecule has 0 aliphatic carbocycles. The van der Waals surface area contributed by atoms with Crippen LogP contribution in [0.5, 0.6) is 0 Å². The lowest BCUT2D eigenvalue weighted by Crippen LogP contribution is -2.47. The molecule has 2 fully saturated rings. The second-order valence-electron chi connectivity index (χ2n) is 5.06. The molecule has 0 amide bonds. The Bertz CT molecular complexity index is 636. The molecule has 2 aliphatic heterocycles. The Morgan fingerprint density at radius 2 is 1.81 bits per heavy atom. The van der Waals surface area contributed by atoms with E-state index in [9.17, 15) is 12.8 Å². The van der Waals surface area contributed by atoms with Gasteiger partial charge in [-0.25, -0.2) is 12.8 Å².